The third-order valence-electron chi connectivity index (χ3n) is 3.05. The van der Waals surface area contributed by atoms with Crippen LogP contribution in [0.5, 0.6) is 0 Å². The lowest BCUT2D eigenvalue weighted by Crippen LogP contribution is -2.31. The number of benzene rings is 1. The van der Waals surface area contributed by atoms with E-state index in [9.17, 15) is 4.79 Å². The maximum absolute atomic E-state index is 12.3. The van der Waals surface area contributed by atoms with Gasteiger partial charge in [0.1, 0.15) is 6.04 Å². The van der Waals surface area contributed by atoms with Gasteiger partial charge in [0.05, 0.1) is 6.61 Å². The summed E-state index contributed by atoms with van der Waals surface area (Å²) in [5.74, 6) is -0.197. The van der Waals surface area contributed by atoms with E-state index in [4.69, 9.17) is 4.74 Å². The van der Waals surface area contributed by atoms with Crippen LogP contribution in [0.25, 0.3) is 0 Å². The number of thiophene rings is 1. The van der Waals surface area contributed by atoms with E-state index in [1.165, 1.54) is 4.88 Å². The summed E-state index contributed by atoms with van der Waals surface area (Å²) in [6, 6.07) is 13.5. The summed E-state index contributed by atoms with van der Waals surface area (Å²) in [6.07, 6.45) is 0. The van der Waals surface area contributed by atoms with Crippen molar-refractivity contribution in [2.24, 2.45) is 0 Å². The van der Waals surface area contributed by atoms with E-state index in [2.05, 4.69) is 6.07 Å². The van der Waals surface area contributed by atoms with Gasteiger partial charge in [-0.1, -0.05) is 36.4 Å². The molecule has 1 aromatic carbocycles. The largest absolute Gasteiger partial charge is 0.465 e. The zero-order chi connectivity index (χ0) is 14.4. The predicted molar refractivity (Wildman–Crippen MR) is 81.6 cm³/mol. The number of ether oxygens (including phenoxy) is 1. The first-order chi connectivity index (χ1) is 9.72. The number of hydrogen-bond acceptors (Lipinski definition) is 4. The fourth-order valence-corrected chi connectivity index (χ4v) is 2.93. The van der Waals surface area contributed by atoms with Gasteiger partial charge in [-0.25, -0.2) is 4.79 Å². The van der Waals surface area contributed by atoms with Gasteiger partial charge in [-0.2, -0.15) is 0 Å². The van der Waals surface area contributed by atoms with Crippen LogP contribution in [0.3, 0.4) is 0 Å². The number of carbonyl (C=O) groups excluding carboxylic acids is 1. The van der Waals surface area contributed by atoms with Crippen molar-refractivity contribution >= 4 is 17.3 Å². The summed E-state index contributed by atoms with van der Waals surface area (Å²) in [5.41, 5.74) is 0.963. The van der Waals surface area contributed by atoms with Gasteiger partial charge in [0, 0.05) is 11.4 Å². The van der Waals surface area contributed by atoms with Crippen molar-refractivity contribution in [1.29, 1.82) is 0 Å². The molecular formula is C16H19NO2S. The maximum atomic E-state index is 12.3. The number of likely N-dealkylation sites (N-methyl/N-ethyl adjacent to an activating group) is 1. The molecule has 4 heteroatoms. The van der Waals surface area contributed by atoms with Gasteiger partial charge in [0.25, 0.3) is 0 Å². The van der Waals surface area contributed by atoms with Crippen molar-refractivity contribution in [2.45, 2.75) is 19.5 Å². The highest BCUT2D eigenvalue weighted by Crippen LogP contribution is 2.24. The molecule has 1 atom stereocenters. The summed E-state index contributed by atoms with van der Waals surface area (Å²) in [6.45, 7) is 2.96. The van der Waals surface area contributed by atoms with E-state index in [-0.39, 0.29) is 12.0 Å². The Morgan fingerprint density at radius 3 is 2.60 bits per heavy atom. The first-order valence-corrected chi connectivity index (χ1v) is 7.54. The molecule has 106 valence electrons. The highest BCUT2D eigenvalue weighted by atomic mass is 32.1. The topological polar surface area (TPSA) is 29.5 Å². The van der Waals surface area contributed by atoms with E-state index in [0.29, 0.717) is 6.61 Å². The zero-order valence-corrected chi connectivity index (χ0v) is 12.6. The van der Waals surface area contributed by atoms with Gasteiger partial charge in [0.15, 0.2) is 0 Å². The second-order valence-electron chi connectivity index (χ2n) is 4.56. The predicted octanol–water partition coefficient (Wildman–Crippen LogP) is 3.48. The molecule has 0 bridgehead atoms. The first-order valence-electron chi connectivity index (χ1n) is 6.66. The normalized spacial score (nSPS) is 12.3. The van der Waals surface area contributed by atoms with Crippen LogP contribution in [0, 0.1) is 0 Å². The van der Waals surface area contributed by atoms with Crippen LogP contribution in [0.4, 0.5) is 0 Å². The van der Waals surface area contributed by atoms with Gasteiger partial charge < -0.3 is 4.74 Å². The molecule has 1 aromatic heterocycles. The van der Waals surface area contributed by atoms with Crippen molar-refractivity contribution in [1.82, 2.24) is 4.90 Å². The Balaban J connectivity index is 2.19. The second kappa shape index (κ2) is 7.22. The lowest BCUT2D eigenvalue weighted by molar-refractivity contribution is -0.149. The molecule has 2 aromatic rings. The molecule has 1 unspecified atom stereocenters. The quantitative estimate of drug-likeness (QED) is 0.762. The molecule has 0 aliphatic carbocycles. The van der Waals surface area contributed by atoms with Gasteiger partial charge in [0.2, 0.25) is 0 Å². The summed E-state index contributed by atoms with van der Waals surface area (Å²) in [5, 5.41) is 2.05. The van der Waals surface area contributed by atoms with Crippen molar-refractivity contribution in [2.75, 3.05) is 13.7 Å². The number of esters is 1. The molecule has 0 fully saturated rings. The Morgan fingerprint density at radius 2 is 2.00 bits per heavy atom. The van der Waals surface area contributed by atoms with Crippen molar-refractivity contribution in [3.8, 4) is 0 Å². The van der Waals surface area contributed by atoms with Crippen molar-refractivity contribution < 1.29 is 9.53 Å². The smallest absolute Gasteiger partial charge is 0.328 e. The molecule has 0 aliphatic heterocycles. The number of nitrogens with zero attached hydrogens (tertiary/aromatic N) is 1. The number of hydrogen-bond donors (Lipinski definition) is 0. The van der Waals surface area contributed by atoms with Gasteiger partial charge in [-0.15, -0.1) is 11.3 Å². The van der Waals surface area contributed by atoms with Gasteiger partial charge in [-0.05, 0) is 31.0 Å². The average Bonchev–Trinajstić information content (AvgIpc) is 2.93. The third kappa shape index (κ3) is 3.68. The van der Waals surface area contributed by atoms with E-state index < -0.39 is 0 Å². The van der Waals surface area contributed by atoms with Crippen LogP contribution >= 0.6 is 11.3 Å². The van der Waals surface area contributed by atoms with Crippen LogP contribution in [0.1, 0.15) is 23.4 Å². The third-order valence-corrected chi connectivity index (χ3v) is 3.91. The number of rotatable bonds is 6. The van der Waals surface area contributed by atoms with Crippen LogP contribution < -0.4 is 0 Å². The molecule has 20 heavy (non-hydrogen) atoms. The minimum absolute atomic E-state index is 0.197. The highest BCUT2D eigenvalue weighted by molar-refractivity contribution is 7.09. The highest BCUT2D eigenvalue weighted by Gasteiger charge is 2.26. The Kier molecular flexibility index (Phi) is 5.32. The molecule has 0 radical (unpaired) electrons. The SMILES string of the molecule is CCOC(=O)C(c1ccccc1)N(C)Cc1cccs1. The van der Waals surface area contributed by atoms with Crippen LogP contribution in [0.2, 0.25) is 0 Å². The standard InChI is InChI=1S/C16H19NO2S/c1-3-19-16(18)15(13-8-5-4-6-9-13)17(2)12-14-10-7-11-20-14/h4-11,15H,3,12H2,1-2H3. The fourth-order valence-electron chi connectivity index (χ4n) is 2.17. The summed E-state index contributed by atoms with van der Waals surface area (Å²) in [4.78, 5) is 15.5. The Hall–Kier alpha value is -1.65. The minimum Gasteiger partial charge on any atom is -0.465 e. The van der Waals surface area contributed by atoms with Crippen LogP contribution in [0.15, 0.2) is 47.8 Å². The maximum Gasteiger partial charge on any atom is 0.328 e. The Bertz CT molecular complexity index is 525. The molecule has 1 heterocycles. The summed E-state index contributed by atoms with van der Waals surface area (Å²) >= 11 is 1.70. The van der Waals surface area contributed by atoms with E-state index in [0.717, 1.165) is 12.1 Å². The minimum atomic E-state index is -0.363. The second-order valence-corrected chi connectivity index (χ2v) is 5.59. The molecule has 0 spiro atoms. The fraction of sp³-hybridized carbons (Fsp3) is 0.312. The zero-order valence-electron chi connectivity index (χ0n) is 11.8. The van der Waals surface area contributed by atoms with Crippen molar-refractivity contribution in [3.63, 3.8) is 0 Å². The van der Waals surface area contributed by atoms with Crippen molar-refractivity contribution in [3.05, 3.63) is 58.3 Å². The lowest BCUT2D eigenvalue weighted by Gasteiger charge is -2.26. The summed E-state index contributed by atoms with van der Waals surface area (Å²) < 4.78 is 5.22. The van der Waals surface area contributed by atoms with Gasteiger partial charge in [-0.3, -0.25) is 4.90 Å². The van der Waals surface area contributed by atoms with E-state index in [1.54, 1.807) is 11.3 Å². The monoisotopic (exact) mass is 289 g/mol. The Morgan fingerprint density at radius 1 is 1.25 bits per heavy atom. The average molecular weight is 289 g/mol. The molecule has 0 saturated carbocycles. The molecule has 0 N–H and O–H groups in total. The van der Waals surface area contributed by atoms with Crippen LogP contribution in [-0.2, 0) is 16.1 Å². The molecule has 3 nitrogen and oxygen atoms in total. The number of carbonyl (C=O) groups is 1. The first kappa shape index (κ1) is 14.8. The summed E-state index contributed by atoms with van der Waals surface area (Å²) in [7, 11) is 1.95. The lowest BCUT2D eigenvalue weighted by atomic mass is 10.1. The molecular weight excluding hydrogens is 270 g/mol. The molecule has 0 aliphatic rings. The molecule has 0 saturated heterocycles. The molecule has 2 rings (SSSR count). The van der Waals surface area contributed by atoms with Crippen LogP contribution in [-0.4, -0.2) is 24.5 Å². The Labute approximate surface area is 123 Å². The van der Waals surface area contributed by atoms with E-state index >= 15 is 0 Å². The molecule has 0 amide bonds. The van der Waals surface area contributed by atoms with Gasteiger partial charge >= 0.3 is 5.97 Å². The van der Waals surface area contributed by atoms with E-state index in [1.807, 2.05) is 60.6 Å².